The summed E-state index contributed by atoms with van der Waals surface area (Å²) in [7, 11) is 0. The molecule has 5 nitrogen and oxygen atoms in total. The number of aromatic nitrogens is 1. The number of hydrogen-bond donors (Lipinski definition) is 1. The van der Waals surface area contributed by atoms with E-state index < -0.39 is 5.97 Å². The smallest absolute Gasteiger partial charge is 0.342 e. The molecule has 104 valence electrons. The Bertz CT molecular complexity index is 626. The molecule has 0 bridgehead atoms. The van der Waals surface area contributed by atoms with E-state index >= 15 is 0 Å². The molecule has 1 aromatic carbocycles. The highest BCUT2D eigenvalue weighted by molar-refractivity contribution is 5.94. The molecule has 1 heterocycles. The first-order chi connectivity index (χ1) is 9.63. The number of carbonyl (C=O) groups excluding carboxylic acids is 1. The highest BCUT2D eigenvalue weighted by Crippen LogP contribution is 2.32. The molecular formula is C15H16N2O3. The standard InChI is InChI=1S/C15H16N2O3/c1-3-19-15(18)11-6-4-7-12(16)14(11)20-13-8-5-9-17-10(13)2/h4-9H,3,16H2,1-2H3. The van der Waals surface area contributed by atoms with Crippen molar-refractivity contribution in [2.75, 3.05) is 12.3 Å². The maximum absolute atomic E-state index is 11.9. The van der Waals surface area contributed by atoms with Crippen LogP contribution in [0.5, 0.6) is 11.5 Å². The normalized spacial score (nSPS) is 10.1. The average molecular weight is 272 g/mol. The Morgan fingerprint density at radius 2 is 2.10 bits per heavy atom. The molecule has 0 aliphatic rings. The number of nitrogen functional groups attached to an aromatic ring is 1. The van der Waals surface area contributed by atoms with Gasteiger partial charge in [-0.25, -0.2) is 4.79 Å². The van der Waals surface area contributed by atoms with Crippen molar-refractivity contribution in [3.63, 3.8) is 0 Å². The Hall–Kier alpha value is -2.56. The van der Waals surface area contributed by atoms with Gasteiger partial charge in [-0.3, -0.25) is 4.98 Å². The molecule has 2 aromatic rings. The summed E-state index contributed by atoms with van der Waals surface area (Å²) in [6.07, 6.45) is 1.67. The highest BCUT2D eigenvalue weighted by Gasteiger charge is 2.17. The average Bonchev–Trinajstić information content (AvgIpc) is 2.43. The Morgan fingerprint density at radius 1 is 1.30 bits per heavy atom. The fraction of sp³-hybridized carbons (Fsp3) is 0.200. The number of esters is 1. The van der Waals surface area contributed by atoms with Crippen molar-refractivity contribution >= 4 is 11.7 Å². The fourth-order valence-corrected chi connectivity index (χ4v) is 1.73. The zero-order valence-corrected chi connectivity index (χ0v) is 11.4. The summed E-state index contributed by atoms with van der Waals surface area (Å²) in [5, 5.41) is 0. The number of aryl methyl sites for hydroxylation is 1. The van der Waals surface area contributed by atoms with E-state index in [4.69, 9.17) is 15.2 Å². The largest absolute Gasteiger partial charge is 0.462 e. The highest BCUT2D eigenvalue weighted by atomic mass is 16.5. The van der Waals surface area contributed by atoms with Crippen LogP contribution in [0.2, 0.25) is 0 Å². The second-order valence-corrected chi connectivity index (χ2v) is 4.13. The summed E-state index contributed by atoms with van der Waals surface area (Å²) < 4.78 is 10.8. The van der Waals surface area contributed by atoms with Crippen LogP contribution in [0.25, 0.3) is 0 Å². The van der Waals surface area contributed by atoms with E-state index in [9.17, 15) is 4.79 Å². The topological polar surface area (TPSA) is 74.4 Å². The van der Waals surface area contributed by atoms with E-state index in [0.717, 1.165) is 0 Å². The van der Waals surface area contributed by atoms with Crippen molar-refractivity contribution in [1.29, 1.82) is 0 Å². The fourth-order valence-electron chi connectivity index (χ4n) is 1.73. The summed E-state index contributed by atoms with van der Waals surface area (Å²) in [6.45, 7) is 3.85. The molecule has 0 unspecified atom stereocenters. The number of benzene rings is 1. The molecule has 2 N–H and O–H groups in total. The Kier molecular flexibility index (Phi) is 4.20. The van der Waals surface area contributed by atoms with Crippen molar-refractivity contribution < 1.29 is 14.3 Å². The SMILES string of the molecule is CCOC(=O)c1cccc(N)c1Oc1cccnc1C. The maximum atomic E-state index is 11.9. The van der Waals surface area contributed by atoms with E-state index in [1.807, 2.05) is 6.92 Å². The quantitative estimate of drug-likeness (QED) is 0.684. The Labute approximate surface area is 117 Å². The van der Waals surface area contributed by atoms with Gasteiger partial charge >= 0.3 is 5.97 Å². The summed E-state index contributed by atoms with van der Waals surface area (Å²) >= 11 is 0. The molecule has 0 radical (unpaired) electrons. The number of nitrogens with two attached hydrogens (primary N) is 1. The van der Waals surface area contributed by atoms with Crippen molar-refractivity contribution in [1.82, 2.24) is 4.98 Å². The van der Waals surface area contributed by atoms with Crippen molar-refractivity contribution in [3.8, 4) is 11.5 Å². The molecule has 0 aliphatic heterocycles. The zero-order chi connectivity index (χ0) is 14.5. The number of rotatable bonds is 4. The molecule has 5 heteroatoms. The minimum absolute atomic E-state index is 0.291. The van der Waals surface area contributed by atoms with Crippen LogP contribution in [0.4, 0.5) is 5.69 Å². The number of ether oxygens (including phenoxy) is 2. The van der Waals surface area contributed by atoms with Gasteiger partial charge < -0.3 is 15.2 Å². The second kappa shape index (κ2) is 6.06. The Morgan fingerprint density at radius 3 is 2.80 bits per heavy atom. The van der Waals surface area contributed by atoms with Gasteiger partial charge in [0.2, 0.25) is 0 Å². The van der Waals surface area contributed by atoms with E-state index in [1.54, 1.807) is 43.5 Å². The van der Waals surface area contributed by atoms with Crippen LogP contribution < -0.4 is 10.5 Å². The molecule has 0 amide bonds. The molecule has 20 heavy (non-hydrogen) atoms. The number of hydrogen-bond acceptors (Lipinski definition) is 5. The lowest BCUT2D eigenvalue weighted by Gasteiger charge is -2.13. The van der Waals surface area contributed by atoms with Crippen LogP contribution in [0.15, 0.2) is 36.5 Å². The number of anilines is 1. The van der Waals surface area contributed by atoms with Gasteiger partial charge in [-0.05, 0) is 38.1 Å². The minimum Gasteiger partial charge on any atom is -0.462 e. The molecule has 1 aromatic heterocycles. The predicted molar refractivity (Wildman–Crippen MR) is 75.9 cm³/mol. The molecule has 0 atom stereocenters. The first-order valence-electron chi connectivity index (χ1n) is 6.28. The zero-order valence-electron chi connectivity index (χ0n) is 11.4. The van der Waals surface area contributed by atoms with Gasteiger partial charge in [0.1, 0.15) is 11.3 Å². The molecule has 0 aliphatic carbocycles. The van der Waals surface area contributed by atoms with Gasteiger partial charge in [-0.15, -0.1) is 0 Å². The molecular weight excluding hydrogens is 256 g/mol. The van der Waals surface area contributed by atoms with Crippen LogP contribution in [0, 0.1) is 6.92 Å². The van der Waals surface area contributed by atoms with E-state index in [1.165, 1.54) is 0 Å². The van der Waals surface area contributed by atoms with E-state index in [0.29, 0.717) is 35.1 Å². The van der Waals surface area contributed by atoms with Gasteiger partial charge in [-0.2, -0.15) is 0 Å². The Balaban J connectivity index is 2.40. The van der Waals surface area contributed by atoms with Crippen molar-refractivity contribution in [2.24, 2.45) is 0 Å². The van der Waals surface area contributed by atoms with Crippen LogP contribution in [0.1, 0.15) is 23.0 Å². The van der Waals surface area contributed by atoms with Crippen LogP contribution in [-0.2, 0) is 4.74 Å². The third-order valence-corrected chi connectivity index (χ3v) is 2.71. The predicted octanol–water partition coefficient (Wildman–Crippen LogP) is 2.94. The number of para-hydroxylation sites is 1. The summed E-state index contributed by atoms with van der Waals surface area (Å²) in [5.41, 5.74) is 7.29. The van der Waals surface area contributed by atoms with Crippen LogP contribution >= 0.6 is 0 Å². The molecule has 2 rings (SSSR count). The molecule has 0 fully saturated rings. The minimum atomic E-state index is -0.462. The number of carbonyl (C=O) groups is 1. The third-order valence-electron chi connectivity index (χ3n) is 2.71. The number of pyridine rings is 1. The van der Waals surface area contributed by atoms with E-state index in [2.05, 4.69) is 4.98 Å². The third kappa shape index (κ3) is 2.88. The second-order valence-electron chi connectivity index (χ2n) is 4.13. The van der Waals surface area contributed by atoms with Gasteiger partial charge in [0.05, 0.1) is 18.0 Å². The van der Waals surface area contributed by atoms with Gasteiger partial charge in [0.15, 0.2) is 5.75 Å². The van der Waals surface area contributed by atoms with Crippen molar-refractivity contribution in [2.45, 2.75) is 13.8 Å². The summed E-state index contributed by atoms with van der Waals surface area (Å²) in [4.78, 5) is 16.1. The van der Waals surface area contributed by atoms with Crippen molar-refractivity contribution in [3.05, 3.63) is 47.8 Å². The van der Waals surface area contributed by atoms with Crippen LogP contribution in [-0.4, -0.2) is 17.6 Å². The van der Waals surface area contributed by atoms with Gasteiger partial charge in [-0.1, -0.05) is 6.07 Å². The van der Waals surface area contributed by atoms with E-state index in [-0.39, 0.29) is 0 Å². The van der Waals surface area contributed by atoms with Gasteiger partial charge in [0, 0.05) is 6.20 Å². The van der Waals surface area contributed by atoms with Crippen LogP contribution in [0.3, 0.4) is 0 Å². The lowest BCUT2D eigenvalue weighted by molar-refractivity contribution is 0.0523. The first kappa shape index (κ1) is 13.9. The molecule has 0 saturated carbocycles. The summed E-state index contributed by atoms with van der Waals surface area (Å²) in [5.74, 6) is 0.384. The van der Waals surface area contributed by atoms with Gasteiger partial charge in [0.25, 0.3) is 0 Å². The maximum Gasteiger partial charge on any atom is 0.342 e. The molecule has 0 spiro atoms. The lowest BCUT2D eigenvalue weighted by Crippen LogP contribution is -2.08. The molecule has 0 saturated heterocycles. The number of nitrogens with zero attached hydrogens (tertiary/aromatic N) is 1. The summed E-state index contributed by atoms with van der Waals surface area (Å²) in [6, 6.07) is 8.50. The lowest BCUT2D eigenvalue weighted by atomic mass is 10.1. The first-order valence-corrected chi connectivity index (χ1v) is 6.28. The monoisotopic (exact) mass is 272 g/mol.